The van der Waals surface area contributed by atoms with Crippen LogP contribution in [-0.4, -0.2) is 19.2 Å². The summed E-state index contributed by atoms with van der Waals surface area (Å²) in [7, 11) is 2.06. The van der Waals surface area contributed by atoms with E-state index in [0.29, 0.717) is 18.1 Å². The van der Waals surface area contributed by atoms with Gasteiger partial charge in [-0.25, -0.2) is 0 Å². The smallest absolute Gasteiger partial charge is 0.123 e. The molecule has 0 spiro atoms. The van der Waals surface area contributed by atoms with E-state index in [1.54, 1.807) is 0 Å². The lowest BCUT2D eigenvalue weighted by atomic mass is 9.61. The van der Waals surface area contributed by atoms with Gasteiger partial charge in [0.25, 0.3) is 0 Å². The maximum atomic E-state index is 6.42. The Morgan fingerprint density at radius 2 is 2.10 bits per heavy atom. The molecule has 3 atom stereocenters. The number of hydrogen-bond acceptors (Lipinski definition) is 2. The zero-order valence-electron chi connectivity index (χ0n) is 13.8. The van der Waals surface area contributed by atoms with Gasteiger partial charge in [0.05, 0.1) is 0 Å². The molecule has 0 radical (unpaired) electrons. The second-order valence-electron chi connectivity index (χ2n) is 6.74. The van der Waals surface area contributed by atoms with E-state index in [-0.39, 0.29) is 5.41 Å². The quantitative estimate of drug-likeness (QED) is 0.866. The second kappa shape index (κ2) is 5.77. The summed E-state index contributed by atoms with van der Waals surface area (Å²) in [6, 6.07) is 7.16. The topological polar surface area (TPSA) is 21.3 Å². The van der Waals surface area contributed by atoms with Crippen molar-refractivity contribution >= 4 is 0 Å². The third-order valence-electron chi connectivity index (χ3n) is 5.15. The summed E-state index contributed by atoms with van der Waals surface area (Å²) >= 11 is 0. The largest absolute Gasteiger partial charge is 0.489 e. The van der Waals surface area contributed by atoms with Gasteiger partial charge in [-0.15, -0.1) is 0 Å². The highest BCUT2D eigenvalue weighted by Crippen LogP contribution is 2.46. The van der Waals surface area contributed by atoms with E-state index < -0.39 is 0 Å². The number of hydrogen-bond donors (Lipinski definition) is 1. The van der Waals surface area contributed by atoms with Gasteiger partial charge in [-0.2, -0.15) is 0 Å². The van der Waals surface area contributed by atoms with Crippen LogP contribution < -0.4 is 10.1 Å². The summed E-state index contributed by atoms with van der Waals surface area (Å²) in [5.41, 5.74) is 2.83. The summed E-state index contributed by atoms with van der Waals surface area (Å²) in [5.74, 6) is 1.58. The Bertz CT molecular complexity index is 468. The molecule has 0 heterocycles. The number of ether oxygens (including phenoxy) is 1. The Morgan fingerprint density at radius 3 is 2.65 bits per heavy atom. The van der Waals surface area contributed by atoms with Crippen molar-refractivity contribution in [3.05, 3.63) is 29.3 Å². The third-order valence-corrected chi connectivity index (χ3v) is 5.15. The van der Waals surface area contributed by atoms with Gasteiger partial charge in [-0.3, -0.25) is 0 Å². The molecular formula is C18H29NO. The third kappa shape index (κ3) is 2.58. The standard InChI is InChI=1S/C18H29NO/c1-7-18(5)16(19-6)11-17(18)20-15-10-13(4)8-9-14(15)12(2)3/h8-10,12,16-17,19H,7,11H2,1-6H3. The van der Waals surface area contributed by atoms with Gasteiger partial charge in [0, 0.05) is 17.9 Å². The SMILES string of the molecule is CCC1(C)C(NC)CC1Oc1cc(C)ccc1C(C)C. The van der Waals surface area contributed by atoms with E-state index >= 15 is 0 Å². The van der Waals surface area contributed by atoms with Crippen LogP contribution in [0, 0.1) is 12.3 Å². The molecule has 3 unspecified atom stereocenters. The van der Waals surface area contributed by atoms with Crippen molar-refractivity contribution in [3.8, 4) is 5.75 Å². The highest BCUT2D eigenvalue weighted by atomic mass is 16.5. The van der Waals surface area contributed by atoms with Crippen molar-refractivity contribution < 1.29 is 4.74 Å². The van der Waals surface area contributed by atoms with Crippen LogP contribution in [0.3, 0.4) is 0 Å². The molecule has 20 heavy (non-hydrogen) atoms. The lowest BCUT2D eigenvalue weighted by Gasteiger charge is -2.53. The molecule has 2 rings (SSSR count). The second-order valence-corrected chi connectivity index (χ2v) is 6.74. The molecule has 0 bridgehead atoms. The van der Waals surface area contributed by atoms with Gasteiger partial charge in [0.15, 0.2) is 0 Å². The van der Waals surface area contributed by atoms with Crippen LogP contribution in [0.5, 0.6) is 5.75 Å². The molecule has 0 saturated heterocycles. The van der Waals surface area contributed by atoms with Crippen molar-refractivity contribution in [2.24, 2.45) is 5.41 Å². The fraction of sp³-hybridized carbons (Fsp3) is 0.667. The molecule has 0 aromatic heterocycles. The fourth-order valence-electron chi connectivity index (χ4n) is 3.29. The molecule has 2 nitrogen and oxygen atoms in total. The van der Waals surface area contributed by atoms with Crippen LogP contribution in [0.4, 0.5) is 0 Å². The molecule has 1 saturated carbocycles. The van der Waals surface area contributed by atoms with E-state index in [1.807, 2.05) is 0 Å². The predicted octanol–water partition coefficient (Wildman–Crippen LogP) is 4.27. The Morgan fingerprint density at radius 1 is 1.40 bits per heavy atom. The van der Waals surface area contributed by atoms with E-state index in [1.165, 1.54) is 11.1 Å². The van der Waals surface area contributed by atoms with Gasteiger partial charge in [0.1, 0.15) is 11.9 Å². The van der Waals surface area contributed by atoms with Crippen LogP contribution in [-0.2, 0) is 0 Å². The summed E-state index contributed by atoms with van der Waals surface area (Å²) in [4.78, 5) is 0. The number of rotatable bonds is 5. The molecule has 1 N–H and O–H groups in total. The highest BCUT2D eigenvalue weighted by molar-refractivity contribution is 5.39. The monoisotopic (exact) mass is 275 g/mol. The molecule has 1 aliphatic carbocycles. The predicted molar refractivity (Wildman–Crippen MR) is 85.5 cm³/mol. The molecule has 1 aliphatic rings. The normalized spacial score (nSPS) is 29.4. The van der Waals surface area contributed by atoms with E-state index in [0.717, 1.165) is 18.6 Å². The number of benzene rings is 1. The Hall–Kier alpha value is -1.02. The highest BCUT2D eigenvalue weighted by Gasteiger charge is 2.51. The maximum absolute atomic E-state index is 6.42. The Kier molecular flexibility index (Phi) is 4.43. The summed E-state index contributed by atoms with van der Waals surface area (Å²) in [6.07, 6.45) is 2.57. The molecule has 0 aliphatic heterocycles. The van der Waals surface area contributed by atoms with Gasteiger partial charge < -0.3 is 10.1 Å². The number of nitrogens with one attached hydrogen (secondary N) is 1. The van der Waals surface area contributed by atoms with Crippen LogP contribution >= 0.6 is 0 Å². The Balaban J connectivity index is 2.21. The molecule has 112 valence electrons. The van der Waals surface area contributed by atoms with Crippen molar-refractivity contribution in [1.29, 1.82) is 0 Å². The molecule has 0 amide bonds. The lowest BCUT2D eigenvalue weighted by Crippen LogP contribution is -2.62. The van der Waals surface area contributed by atoms with Crippen LogP contribution in [0.25, 0.3) is 0 Å². The first-order valence-corrected chi connectivity index (χ1v) is 7.86. The van der Waals surface area contributed by atoms with Crippen LogP contribution in [0.15, 0.2) is 18.2 Å². The minimum atomic E-state index is 0.243. The molecule has 2 heteroatoms. The zero-order valence-corrected chi connectivity index (χ0v) is 13.8. The van der Waals surface area contributed by atoms with Crippen molar-refractivity contribution in [2.45, 2.75) is 65.5 Å². The van der Waals surface area contributed by atoms with Gasteiger partial charge in [-0.1, -0.05) is 39.8 Å². The first kappa shape index (κ1) is 15.4. The zero-order chi connectivity index (χ0) is 14.9. The van der Waals surface area contributed by atoms with Crippen molar-refractivity contribution in [3.63, 3.8) is 0 Å². The first-order valence-electron chi connectivity index (χ1n) is 7.86. The Labute approximate surface area is 123 Å². The molecule has 1 fully saturated rings. The van der Waals surface area contributed by atoms with Gasteiger partial charge in [0.2, 0.25) is 0 Å². The van der Waals surface area contributed by atoms with Gasteiger partial charge >= 0.3 is 0 Å². The molecular weight excluding hydrogens is 246 g/mol. The summed E-state index contributed by atoms with van der Waals surface area (Å²) in [6.45, 7) is 11.2. The van der Waals surface area contributed by atoms with Gasteiger partial charge in [-0.05, 0) is 43.5 Å². The summed E-state index contributed by atoms with van der Waals surface area (Å²) < 4.78 is 6.42. The fourth-order valence-corrected chi connectivity index (χ4v) is 3.29. The molecule has 1 aromatic rings. The average molecular weight is 275 g/mol. The van der Waals surface area contributed by atoms with E-state index in [4.69, 9.17) is 4.74 Å². The lowest BCUT2D eigenvalue weighted by molar-refractivity contribution is -0.0682. The van der Waals surface area contributed by atoms with E-state index in [9.17, 15) is 0 Å². The maximum Gasteiger partial charge on any atom is 0.123 e. The number of aryl methyl sites for hydroxylation is 1. The van der Waals surface area contributed by atoms with Crippen LogP contribution in [0.2, 0.25) is 0 Å². The minimum absolute atomic E-state index is 0.243. The van der Waals surface area contributed by atoms with E-state index in [2.05, 4.69) is 65.2 Å². The van der Waals surface area contributed by atoms with Crippen molar-refractivity contribution in [2.75, 3.05) is 7.05 Å². The average Bonchev–Trinajstić information content (AvgIpc) is 2.41. The van der Waals surface area contributed by atoms with Crippen LogP contribution in [0.1, 0.15) is 57.6 Å². The minimum Gasteiger partial charge on any atom is -0.489 e. The summed E-state index contributed by atoms with van der Waals surface area (Å²) in [5, 5.41) is 3.43. The molecule has 1 aromatic carbocycles. The van der Waals surface area contributed by atoms with Crippen molar-refractivity contribution in [1.82, 2.24) is 5.32 Å². The first-order chi connectivity index (χ1) is 9.42.